The van der Waals surface area contributed by atoms with E-state index in [0.717, 1.165) is 5.56 Å². The molecule has 0 radical (unpaired) electrons. The minimum atomic E-state index is -0.988. The zero-order chi connectivity index (χ0) is 18.1. The number of carbonyl (C=O) groups is 1. The first-order chi connectivity index (χ1) is 12.6. The molecule has 0 spiro atoms. The fourth-order valence-electron chi connectivity index (χ4n) is 2.31. The number of hydrogen-bond acceptors (Lipinski definition) is 7. The van der Waals surface area contributed by atoms with Gasteiger partial charge in [0.15, 0.2) is 5.82 Å². The first-order valence-corrected chi connectivity index (χ1v) is 8.33. The Morgan fingerprint density at radius 3 is 2.54 bits per heavy atom. The van der Waals surface area contributed by atoms with Crippen molar-refractivity contribution in [2.75, 3.05) is 5.32 Å². The molecule has 0 fully saturated rings. The van der Waals surface area contributed by atoms with E-state index in [-0.39, 0.29) is 11.1 Å². The number of fused-ring (bicyclic) bond motifs is 1. The largest absolute Gasteiger partial charge is 0.478 e. The predicted octanol–water partition coefficient (Wildman–Crippen LogP) is 1.48. The standard InChI is InChI=1S/C17H11N5O3S/c23-15-13(9-19-12-3-1-11(2-4-12)16(24)25)26-17-20-14(21-22(15)17)10-5-7-18-8-6-10/h1-9,19H,(H,24,25)/b13-9-. The number of carboxylic acid groups (broad SMARTS) is 1. The number of hydrogen-bond donors (Lipinski definition) is 2. The van der Waals surface area contributed by atoms with E-state index in [4.69, 9.17) is 5.11 Å². The summed E-state index contributed by atoms with van der Waals surface area (Å²) in [6, 6.07) is 9.78. The Labute approximate surface area is 150 Å². The number of thiazole rings is 1. The lowest BCUT2D eigenvalue weighted by molar-refractivity contribution is 0.0697. The van der Waals surface area contributed by atoms with Crippen LogP contribution >= 0.6 is 11.3 Å². The molecule has 1 aromatic carbocycles. The lowest BCUT2D eigenvalue weighted by atomic mass is 10.2. The minimum absolute atomic E-state index is 0.197. The molecule has 26 heavy (non-hydrogen) atoms. The molecule has 4 rings (SSSR count). The van der Waals surface area contributed by atoms with Crippen LogP contribution in [-0.4, -0.2) is 30.7 Å². The van der Waals surface area contributed by atoms with E-state index in [2.05, 4.69) is 20.4 Å². The number of nitrogens with zero attached hydrogens (tertiary/aromatic N) is 4. The predicted molar refractivity (Wildman–Crippen MR) is 97.1 cm³/mol. The maximum absolute atomic E-state index is 12.4. The van der Waals surface area contributed by atoms with Crippen LogP contribution in [0.3, 0.4) is 0 Å². The summed E-state index contributed by atoms with van der Waals surface area (Å²) in [5, 5.41) is 16.1. The monoisotopic (exact) mass is 365 g/mol. The minimum Gasteiger partial charge on any atom is -0.478 e. The summed E-state index contributed by atoms with van der Waals surface area (Å²) in [5.74, 6) is -0.516. The number of anilines is 1. The highest BCUT2D eigenvalue weighted by molar-refractivity contribution is 7.15. The third-order valence-corrected chi connectivity index (χ3v) is 4.58. The molecule has 8 nitrogen and oxygen atoms in total. The zero-order valence-corrected chi connectivity index (χ0v) is 14.0. The zero-order valence-electron chi connectivity index (χ0n) is 13.2. The topological polar surface area (TPSA) is 109 Å². The summed E-state index contributed by atoms with van der Waals surface area (Å²) in [5.41, 5.74) is 1.39. The Balaban J connectivity index is 1.64. The molecule has 0 aliphatic heterocycles. The molecule has 0 amide bonds. The first kappa shape index (κ1) is 15.9. The number of nitrogens with one attached hydrogen (secondary N) is 1. The van der Waals surface area contributed by atoms with Crippen LogP contribution in [0.1, 0.15) is 10.4 Å². The summed E-state index contributed by atoms with van der Waals surface area (Å²) in [6.45, 7) is 0. The van der Waals surface area contributed by atoms with Gasteiger partial charge < -0.3 is 10.4 Å². The summed E-state index contributed by atoms with van der Waals surface area (Å²) in [4.78, 5) is 32.1. The normalized spacial score (nSPS) is 11.8. The van der Waals surface area contributed by atoms with Crippen LogP contribution in [0.5, 0.6) is 0 Å². The van der Waals surface area contributed by atoms with Crippen LogP contribution in [0, 0.1) is 0 Å². The van der Waals surface area contributed by atoms with Crippen LogP contribution in [0.2, 0.25) is 0 Å². The molecular formula is C17H11N5O3S. The second kappa shape index (κ2) is 6.37. The van der Waals surface area contributed by atoms with Crippen molar-refractivity contribution in [1.29, 1.82) is 0 Å². The molecule has 0 saturated heterocycles. The molecule has 0 atom stereocenters. The van der Waals surface area contributed by atoms with Gasteiger partial charge in [-0.1, -0.05) is 11.3 Å². The molecule has 0 unspecified atom stereocenters. The number of benzene rings is 1. The molecule has 4 aromatic rings. The molecule has 3 aromatic heterocycles. The Morgan fingerprint density at radius 1 is 1.15 bits per heavy atom. The molecule has 0 aliphatic rings. The van der Waals surface area contributed by atoms with E-state index in [9.17, 15) is 9.59 Å². The SMILES string of the molecule is O=C(O)c1ccc(N/C=c2\sc3nc(-c4ccncc4)nn3c2=O)cc1. The summed E-state index contributed by atoms with van der Waals surface area (Å²) in [6.07, 6.45) is 4.84. The van der Waals surface area contributed by atoms with Crippen LogP contribution in [-0.2, 0) is 0 Å². The van der Waals surface area contributed by atoms with Crippen LogP contribution < -0.4 is 15.4 Å². The van der Waals surface area contributed by atoms with Crippen molar-refractivity contribution in [3.05, 3.63) is 69.2 Å². The van der Waals surface area contributed by atoms with Gasteiger partial charge in [-0.2, -0.15) is 9.50 Å². The van der Waals surface area contributed by atoms with Crippen molar-refractivity contribution in [3.8, 4) is 11.4 Å². The maximum atomic E-state index is 12.4. The van der Waals surface area contributed by atoms with Gasteiger partial charge in [-0.15, -0.1) is 5.10 Å². The van der Waals surface area contributed by atoms with E-state index < -0.39 is 5.97 Å². The average molecular weight is 365 g/mol. The Bertz CT molecular complexity index is 1200. The molecule has 0 aliphatic carbocycles. The Morgan fingerprint density at radius 2 is 1.88 bits per heavy atom. The third kappa shape index (κ3) is 2.91. The average Bonchev–Trinajstić information content (AvgIpc) is 3.21. The molecule has 128 valence electrons. The number of aromatic carboxylic acids is 1. The fraction of sp³-hybridized carbons (Fsp3) is 0. The van der Waals surface area contributed by atoms with Gasteiger partial charge >= 0.3 is 5.97 Å². The maximum Gasteiger partial charge on any atom is 0.335 e. The number of carboxylic acids is 1. The quantitative estimate of drug-likeness (QED) is 0.564. The van der Waals surface area contributed by atoms with E-state index >= 15 is 0 Å². The van der Waals surface area contributed by atoms with Crippen molar-refractivity contribution in [1.82, 2.24) is 19.6 Å². The molecule has 9 heteroatoms. The summed E-state index contributed by atoms with van der Waals surface area (Å²) in [7, 11) is 0. The molecule has 3 heterocycles. The number of pyridine rings is 1. The fourth-order valence-corrected chi connectivity index (χ4v) is 3.15. The highest BCUT2D eigenvalue weighted by Gasteiger charge is 2.11. The third-order valence-electron chi connectivity index (χ3n) is 3.62. The smallest absolute Gasteiger partial charge is 0.335 e. The van der Waals surface area contributed by atoms with Crippen molar-refractivity contribution < 1.29 is 9.90 Å². The van der Waals surface area contributed by atoms with Crippen molar-refractivity contribution in [2.45, 2.75) is 0 Å². The Hall–Kier alpha value is -3.59. The number of rotatable bonds is 4. The van der Waals surface area contributed by atoms with Gasteiger partial charge in [0.1, 0.15) is 4.53 Å². The second-order valence-corrected chi connectivity index (χ2v) is 6.32. The molecule has 0 saturated carbocycles. The van der Waals surface area contributed by atoms with E-state index in [1.54, 1.807) is 42.9 Å². The second-order valence-electron chi connectivity index (χ2n) is 5.31. The highest BCUT2D eigenvalue weighted by atomic mass is 32.1. The van der Waals surface area contributed by atoms with Crippen molar-refractivity contribution in [2.24, 2.45) is 0 Å². The summed E-state index contributed by atoms with van der Waals surface area (Å²) >= 11 is 1.22. The van der Waals surface area contributed by atoms with Gasteiger partial charge in [-0.05, 0) is 36.4 Å². The molecular weight excluding hydrogens is 354 g/mol. The lowest BCUT2D eigenvalue weighted by Crippen LogP contribution is -2.24. The van der Waals surface area contributed by atoms with Gasteiger partial charge in [-0.25, -0.2) is 4.79 Å². The molecule has 2 N–H and O–H groups in total. The highest BCUT2D eigenvalue weighted by Crippen LogP contribution is 2.15. The van der Waals surface area contributed by atoms with E-state index in [1.165, 1.54) is 28.0 Å². The van der Waals surface area contributed by atoms with Crippen LogP contribution in [0.4, 0.5) is 5.69 Å². The first-order valence-electron chi connectivity index (χ1n) is 7.52. The number of aromatic nitrogens is 4. The van der Waals surface area contributed by atoms with Gasteiger partial charge in [-0.3, -0.25) is 9.78 Å². The van der Waals surface area contributed by atoms with Crippen molar-refractivity contribution >= 4 is 34.2 Å². The van der Waals surface area contributed by atoms with Crippen molar-refractivity contribution in [3.63, 3.8) is 0 Å². The van der Waals surface area contributed by atoms with Gasteiger partial charge in [0.05, 0.1) is 5.56 Å². The van der Waals surface area contributed by atoms with E-state index in [0.29, 0.717) is 21.0 Å². The lowest BCUT2D eigenvalue weighted by Gasteiger charge is -2.00. The molecule has 0 bridgehead atoms. The van der Waals surface area contributed by atoms with Gasteiger partial charge in [0.25, 0.3) is 5.56 Å². The van der Waals surface area contributed by atoms with Gasteiger partial charge in [0, 0.05) is 29.8 Å². The van der Waals surface area contributed by atoms with Gasteiger partial charge in [0.2, 0.25) is 4.96 Å². The van der Waals surface area contributed by atoms with E-state index in [1.807, 2.05) is 0 Å². The summed E-state index contributed by atoms with van der Waals surface area (Å²) < 4.78 is 1.71. The van der Waals surface area contributed by atoms with Crippen LogP contribution in [0.25, 0.3) is 22.5 Å². The van der Waals surface area contributed by atoms with Crippen LogP contribution in [0.15, 0.2) is 53.6 Å². The Kier molecular flexibility index (Phi) is 3.90.